The number of hydrogen-bond acceptors (Lipinski definition) is 11. The van der Waals surface area contributed by atoms with E-state index in [9.17, 15) is 14.3 Å². The highest BCUT2D eigenvalue weighted by Gasteiger charge is 2.61. The van der Waals surface area contributed by atoms with Gasteiger partial charge in [-0.05, 0) is 31.5 Å². The molecule has 2 unspecified atom stereocenters. The molecule has 4 aromatic rings. The summed E-state index contributed by atoms with van der Waals surface area (Å²) in [5, 5.41) is 0. The lowest BCUT2D eigenvalue weighted by atomic mass is 10.1. The number of para-hydroxylation sites is 1. The lowest BCUT2D eigenvalue weighted by Gasteiger charge is -2.26. The zero-order valence-electron chi connectivity index (χ0n) is 23.4. The SMILES string of the molecule is CC1(C)OC2[C@@H](O1)[C@@H](COP(=O)(O)C(F)(F)C(=O)c1ccccc1OCc1ccccc1)O[C@H]2n1cnc2c(N)ncnc21. The van der Waals surface area contributed by atoms with Crippen molar-refractivity contribution >= 4 is 30.4 Å². The molecule has 0 spiro atoms. The van der Waals surface area contributed by atoms with Crippen LogP contribution in [0.15, 0.2) is 67.3 Å². The smallest absolute Gasteiger partial charge is 0.407 e. The first-order chi connectivity index (χ1) is 20.9. The number of Topliss-reactive ketones (excluding diaryl/α,β-unsaturated/α-hetero) is 1. The highest BCUT2D eigenvalue weighted by Crippen LogP contribution is 2.59. The first kappa shape index (κ1) is 30.2. The number of anilines is 1. The second kappa shape index (κ2) is 11.3. The highest BCUT2D eigenvalue weighted by molar-refractivity contribution is 7.55. The van der Waals surface area contributed by atoms with Gasteiger partial charge in [0.25, 0.3) is 0 Å². The van der Waals surface area contributed by atoms with Gasteiger partial charge in [0, 0.05) is 0 Å². The summed E-state index contributed by atoms with van der Waals surface area (Å²) >= 11 is 0. The van der Waals surface area contributed by atoms with Gasteiger partial charge in [-0.3, -0.25) is 13.9 Å². The van der Waals surface area contributed by atoms with E-state index in [0.29, 0.717) is 11.2 Å². The standard InChI is InChI=1S/C28H28F2N5O8P/c1-27(2)42-21-19(41-26(22(21)43-27)35-15-34-20-24(31)32-14-33-25(20)35)13-40-44(37,38)28(29,30)23(36)17-10-6-7-11-18(17)39-12-16-8-4-3-5-9-16/h3-11,14-15,19,21-22,26H,12-13H2,1-2H3,(H,37,38)(H2,31,32,33)/t19-,21+,22?,26-/m1/s1. The van der Waals surface area contributed by atoms with Crippen molar-refractivity contribution in [3.8, 4) is 5.75 Å². The van der Waals surface area contributed by atoms with E-state index in [0.717, 1.165) is 11.6 Å². The number of fused-ring (bicyclic) bond motifs is 2. The number of nitrogens with two attached hydrogens (primary N) is 1. The molecule has 44 heavy (non-hydrogen) atoms. The first-order valence-corrected chi connectivity index (χ1v) is 15.1. The minimum absolute atomic E-state index is 0.0179. The van der Waals surface area contributed by atoms with E-state index in [-0.39, 0.29) is 18.2 Å². The van der Waals surface area contributed by atoms with E-state index in [4.69, 9.17) is 29.2 Å². The molecule has 6 rings (SSSR count). The summed E-state index contributed by atoms with van der Waals surface area (Å²) < 4.78 is 73.8. The van der Waals surface area contributed by atoms with Crippen molar-refractivity contribution in [2.45, 2.75) is 56.4 Å². The molecular formula is C28H28F2N5O8P. The summed E-state index contributed by atoms with van der Waals surface area (Å²) in [6.07, 6.45) is -1.16. The number of hydrogen-bond donors (Lipinski definition) is 2. The predicted octanol–water partition coefficient (Wildman–Crippen LogP) is 4.08. The molecule has 5 atom stereocenters. The Kier molecular flexibility index (Phi) is 7.72. The second-order valence-electron chi connectivity index (χ2n) is 10.7. The van der Waals surface area contributed by atoms with Crippen LogP contribution in [0.4, 0.5) is 14.6 Å². The van der Waals surface area contributed by atoms with Gasteiger partial charge in [-0.2, -0.15) is 8.78 Å². The van der Waals surface area contributed by atoms with Gasteiger partial charge in [-0.1, -0.05) is 42.5 Å². The number of aromatic nitrogens is 4. The maximum Gasteiger partial charge on any atom is 0.407 e. The topological polar surface area (TPSA) is 170 Å². The van der Waals surface area contributed by atoms with Gasteiger partial charge < -0.3 is 34.1 Å². The summed E-state index contributed by atoms with van der Waals surface area (Å²) in [4.78, 5) is 35.8. The summed E-state index contributed by atoms with van der Waals surface area (Å²) in [6.45, 7) is 2.45. The minimum atomic E-state index is -5.93. The van der Waals surface area contributed by atoms with Crippen molar-refractivity contribution in [2.24, 2.45) is 0 Å². The molecule has 0 aliphatic carbocycles. The van der Waals surface area contributed by atoms with Crippen molar-refractivity contribution < 1.29 is 46.5 Å². The zero-order valence-corrected chi connectivity index (χ0v) is 24.3. The van der Waals surface area contributed by atoms with Gasteiger partial charge in [0.05, 0.1) is 18.5 Å². The molecule has 3 N–H and O–H groups in total. The van der Waals surface area contributed by atoms with Crippen LogP contribution in [0, 0.1) is 0 Å². The van der Waals surface area contributed by atoms with Crippen LogP contribution in [-0.4, -0.2) is 66.6 Å². The molecule has 2 aromatic heterocycles. The number of alkyl halides is 2. The number of ether oxygens (including phenoxy) is 4. The molecular weight excluding hydrogens is 603 g/mol. The molecule has 0 bridgehead atoms. The van der Waals surface area contributed by atoms with Crippen LogP contribution in [0.3, 0.4) is 0 Å². The highest BCUT2D eigenvalue weighted by atomic mass is 31.2. The van der Waals surface area contributed by atoms with Crippen molar-refractivity contribution in [1.29, 1.82) is 0 Å². The molecule has 16 heteroatoms. The van der Waals surface area contributed by atoms with Gasteiger partial charge in [0.1, 0.15) is 42.5 Å². The third-order valence-corrected chi connectivity index (χ3v) is 8.61. The van der Waals surface area contributed by atoms with Gasteiger partial charge in [0.15, 0.2) is 23.5 Å². The van der Waals surface area contributed by atoms with Gasteiger partial charge >= 0.3 is 13.3 Å². The molecule has 2 saturated heterocycles. The molecule has 2 fully saturated rings. The number of rotatable bonds is 10. The Morgan fingerprint density at radius 1 is 1.09 bits per heavy atom. The average molecular weight is 632 g/mol. The van der Waals surface area contributed by atoms with Crippen LogP contribution in [-0.2, 0) is 29.9 Å². The van der Waals surface area contributed by atoms with E-state index < -0.39 is 61.5 Å². The van der Waals surface area contributed by atoms with Crippen LogP contribution >= 0.6 is 7.60 Å². The quantitative estimate of drug-likeness (QED) is 0.190. The Balaban J connectivity index is 1.20. The van der Waals surface area contributed by atoms with Gasteiger partial charge in [-0.25, -0.2) is 15.0 Å². The number of imidazole rings is 1. The lowest BCUT2D eigenvalue weighted by molar-refractivity contribution is -0.199. The van der Waals surface area contributed by atoms with E-state index in [2.05, 4.69) is 15.0 Å². The molecule has 0 amide bonds. The fourth-order valence-electron chi connectivity index (χ4n) is 5.13. The molecule has 0 saturated carbocycles. The number of halogens is 2. The zero-order chi connectivity index (χ0) is 31.3. The van der Waals surface area contributed by atoms with E-state index in [1.54, 1.807) is 44.2 Å². The van der Waals surface area contributed by atoms with Gasteiger partial charge in [0.2, 0.25) is 5.78 Å². The van der Waals surface area contributed by atoms with Crippen molar-refractivity contribution in [2.75, 3.05) is 12.3 Å². The third kappa shape index (κ3) is 5.47. The van der Waals surface area contributed by atoms with Crippen LogP contribution < -0.4 is 10.5 Å². The maximum atomic E-state index is 15.4. The van der Waals surface area contributed by atoms with E-state index in [1.807, 2.05) is 0 Å². The van der Waals surface area contributed by atoms with Crippen LogP contribution in [0.2, 0.25) is 0 Å². The minimum Gasteiger partial charge on any atom is -0.488 e. The average Bonchev–Trinajstić information content (AvgIpc) is 3.66. The van der Waals surface area contributed by atoms with Crippen LogP contribution in [0.25, 0.3) is 11.2 Å². The molecule has 2 aliphatic rings. The van der Waals surface area contributed by atoms with Gasteiger partial charge in [-0.15, -0.1) is 0 Å². The molecule has 232 valence electrons. The number of carbonyl (C=O) groups excluding carboxylic acids is 1. The van der Waals surface area contributed by atoms with E-state index in [1.165, 1.54) is 35.4 Å². The number of benzene rings is 2. The lowest BCUT2D eigenvalue weighted by Crippen LogP contribution is -2.35. The summed E-state index contributed by atoms with van der Waals surface area (Å²) in [5.41, 5.74) is 1.84. The number of carbonyl (C=O) groups is 1. The maximum absolute atomic E-state index is 15.4. The fraction of sp³-hybridized carbons (Fsp3) is 0.357. The molecule has 0 radical (unpaired) electrons. The van der Waals surface area contributed by atoms with Crippen molar-refractivity contribution in [3.05, 3.63) is 78.4 Å². The largest absolute Gasteiger partial charge is 0.488 e. The fourth-order valence-corrected chi connectivity index (χ4v) is 6.02. The summed E-state index contributed by atoms with van der Waals surface area (Å²) in [5.74, 6) is -3.08. The number of nitrogen functional groups attached to an aromatic ring is 1. The molecule has 13 nitrogen and oxygen atoms in total. The Bertz CT molecular complexity index is 1740. The van der Waals surface area contributed by atoms with Crippen molar-refractivity contribution in [3.63, 3.8) is 0 Å². The Morgan fingerprint density at radius 2 is 1.80 bits per heavy atom. The molecule has 2 aromatic carbocycles. The van der Waals surface area contributed by atoms with E-state index >= 15 is 8.78 Å². The van der Waals surface area contributed by atoms with Crippen LogP contribution in [0.5, 0.6) is 5.75 Å². The third-order valence-electron chi connectivity index (χ3n) is 7.20. The summed E-state index contributed by atoms with van der Waals surface area (Å²) in [7, 11) is -5.93. The predicted molar refractivity (Wildman–Crippen MR) is 150 cm³/mol. The normalized spacial score (nSPS) is 24.2. The van der Waals surface area contributed by atoms with Crippen LogP contribution in [0.1, 0.15) is 36.0 Å². The van der Waals surface area contributed by atoms with Crippen molar-refractivity contribution in [1.82, 2.24) is 19.5 Å². The summed E-state index contributed by atoms with van der Waals surface area (Å²) in [6, 6.07) is 14.1. The second-order valence-corrected chi connectivity index (χ2v) is 12.5. The number of nitrogens with zero attached hydrogens (tertiary/aromatic N) is 4. The number of ketones is 1. The monoisotopic (exact) mass is 631 g/mol. The Labute approximate surface area is 249 Å². The molecule has 4 heterocycles. The molecule has 2 aliphatic heterocycles. The first-order valence-electron chi connectivity index (χ1n) is 13.5. The Hall–Kier alpha value is -3.85. The Morgan fingerprint density at radius 3 is 2.57 bits per heavy atom.